The van der Waals surface area contributed by atoms with Gasteiger partial charge in [-0.1, -0.05) is 12.1 Å². The largest absolute Gasteiger partial charge is 1.00 e. The van der Waals surface area contributed by atoms with Crippen molar-refractivity contribution in [3.8, 4) is 5.75 Å². The molecule has 0 atom stereocenters. The Bertz CT molecular complexity index is 355. The Morgan fingerprint density at radius 2 is 1.88 bits per heavy atom. The van der Waals surface area contributed by atoms with Crippen LogP contribution >= 0.6 is 0 Å². The summed E-state index contributed by atoms with van der Waals surface area (Å²) in [5.74, 6) is -0.157. The maximum Gasteiger partial charge on any atom is 1.00 e. The van der Waals surface area contributed by atoms with Crippen LogP contribution < -0.4 is 23.6 Å². The molecule has 1 rings (SSSR count). The molecule has 3 nitrogen and oxygen atoms in total. The molecule has 80 valence electrons. The van der Waals surface area contributed by atoms with Gasteiger partial charge in [0.2, 0.25) is 0 Å². The number of hydrogen-bond acceptors (Lipinski definition) is 2. The van der Waals surface area contributed by atoms with Crippen LogP contribution in [-0.4, -0.2) is 17.2 Å². The maximum atomic E-state index is 10.3. The zero-order valence-corrected chi connectivity index (χ0v) is 9.81. The summed E-state index contributed by atoms with van der Waals surface area (Å²) < 4.78 is 5.45. The van der Waals surface area contributed by atoms with Gasteiger partial charge in [0.25, 0.3) is 0 Å². The monoisotopic (exact) mass is 213 g/mol. The normalized spacial score (nSPS) is 10.2. The standard InChI is InChI=1S/C12H14O3.Li/c1-9(2)15-11-6-3-10(4-7-11)5-8-12(13)14;/h3-9H,1-2H3,(H,13,14);/q;+1/b8-5+;. The molecule has 4 heteroatoms. The number of carboxylic acids is 1. The Morgan fingerprint density at radius 1 is 1.31 bits per heavy atom. The second-order valence-corrected chi connectivity index (χ2v) is 3.41. The van der Waals surface area contributed by atoms with Gasteiger partial charge in [0.05, 0.1) is 6.10 Å². The SMILES string of the molecule is CC(C)Oc1ccc(/C=C/C(=O)O)cc1.[Li+]. The quantitative estimate of drug-likeness (QED) is 0.545. The minimum Gasteiger partial charge on any atom is -0.491 e. The average molecular weight is 213 g/mol. The van der Waals surface area contributed by atoms with Crippen LogP contribution in [0.5, 0.6) is 5.75 Å². The van der Waals surface area contributed by atoms with Gasteiger partial charge in [0.1, 0.15) is 5.75 Å². The molecule has 0 fully saturated rings. The second kappa shape index (κ2) is 7.16. The van der Waals surface area contributed by atoms with E-state index >= 15 is 0 Å². The zero-order chi connectivity index (χ0) is 11.3. The molecule has 0 aliphatic heterocycles. The molecule has 1 N–H and O–H groups in total. The van der Waals surface area contributed by atoms with Crippen molar-refractivity contribution in [1.29, 1.82) is 0 Å². The minimum absolute atomic E-state index is 0. The summed E-state index contributed by atoms with van der Waals surface area (Å²) in [5.41, 5.74) is 0.841. The van der Waals surface area contributed by atoms with E-state index in [-0.39, 0.29) is 25.0 Å². The molecule has 16 heavy (non-hydrogen) atoms. The number of rotatable bonds is 4. The smallest absolute Gasteiger partial charge is 0.491 e. The molecule has 0 unspecified atom stereocenters. The predicted molar refractivity (Wildman–Crippen MR) is 58.9 cm³/mol. The van der Waals surface area contributed by atoms with Gasteiger partial charge in [-0.2, -0.15) is 0 Å². The van der Waals surface area contributed by atoms with E-state index in [1.807, 2.05) is 38.1 Å². The van der Waals surface area contributed by atoms with Crippen molar-refractivity contribution in [2.45, 2.75) is 20.0 Å². The van der Waals surface area contributed by atoms with Crippen LogP contribution in [0.1, 0.15) is 19.4 Å². The first-order valence-electron chi connectivity index (χ1n) is 4.75. The van der Waals surface area contributed by atoms with Crippen molar-refractivity contribution in [3.05, 3.63) is 35.9 Å². The van der Waals surface area contributed by atoms with E-state index in [0.717, 1.165) is 17.4 Å². The molecule has 1 aromatic rings. The molecule has 0 spiro atoms. The Hall–Kier alpha value is -1.17. The van der Waals surface area contributed by atoms with Gasteiger partial charge in [-0.05, 0) is 37.6 Å². The Balaban J connectivity index is 0.00000225. The summed E-state index contributed by atoms with van der Waals surface area (Å²) in [4.78, 5) is 10.3. The second-order valence-electron chi connectivity index (χ2n) is 3.41. The predicted octanol–water partition coefficient (Wildman–Crippen LogP) is -0.424. The molecule has 0 aliphatic carbocycles. The van der Waals surface area contributed by atoms with Gasteiger partial charge in [0.15, 0.2) is 0 Å². The first-order chi connectivity index (χ1) is 7.08. The minimum atomic E-state index is -0.947. The van der Waals surface area contributed by atoms with Crippen molar-refractivity contribution >= 4 is 12.0 Å². The summed E-state index contributed by atoms with van der Waals surface area (Å²) in [7, 11) is 0. The topological polar surface area (TPSA) is 46.5 Å². The fourth-order valence-electron chi connectivity index (χ4n) is 1.10. The Labute approximate surface area is 107 Å². The van der Waals surface area contributed by atoms with E-state index in [0.29, 0.717) is 0 Å². The van der Waals surface area contributed by atoms with E-state index in [2.05, 4.69) is 0 Å². The van der Waals surface area contributed by atoms with E-state index in [9.17, 15) is 4.79 Å². The van der Waals surface area contributed by atoms with E-state index in [4.69, 9.17) is 9.84 Å². The average Bonchev–Trinajstić information content (AvgIpc) is 2.16. The van der Waals surface area contributed by atoms with Crippen LogP contribution in [0.15, 0.2) is 30.3 Å². The summed E-state index contributed by atoms with van der Waals surface area (Å²) in [5, 5.41) is 8.44. The van der Waals surface area contributed by atoms with Gasteiger partial charge in [-0.25, -0.2) is 4.79 Å². The Kier molecular flexibility index (Phi) is 6.63. The number of ether oxygens (including phenoxy) is 1. The molecule has 0 saturated heterocycles. The third-order valence-electron chi connectivity index (χ3n) is 1.67. The van der Waals surface area contributed by atoms with Crippen LogP contribution in [0, 0.1) is 0 Å². The van der Waals surface area contributed by atoms with Crippen molar-refractivity contribution in [3.63, 3.8) is 0 Å². The van der Waals surface area contributed by atoms with Crippen LogP contribution in [0.25, 0.3) is 6.08 Å². The van der Waals surface area contributed by atoms with Crippen molar-refractivity contribution in [2.75, 3.05) is 0 Å². The summed E-state index contributed by atoms with van der Waals surface area (Å²) in [6.45, 7) is 3.91. The number of aliphatic carboxylic acids is 1. The van der Waals surface area contributed by atoms with E-state index in [1.54, 1.807) is 6.08 Å². The van der Waals surface area contributed by atoms with E-state index in [1.165, 1.54) is 0 Å². The summed E-state index contributed by atoms with van der Waals surface area (Å²) in [6.07, 6.45) is 2.80. The zero-order valence-electron chi connectivity index (χ0n) is 9.81. The molecule has 0 bridgehead atoms. The fourth-order valence-corrected chi connectivity index (χ4v) is 1.10. The molecule has 0 aromatic heterocycles. The molecule has 0 aliphatic rings. The molecule has 0 radical (unpaired) electrons. The van der Waals surface area contributed by atoms with Gasteiger partial charge in [0, 0.05) is 6.08 Å². The van der Waals surface area contributed by atoms with Crippen LogP contribution in [0.3, 0.4) is 0 Å². The molecule has 0 amide bonds. The van der Waals surface area contributed by atoms with Crippen LogP contribution in [0.4, 0.5) is 0 Å². The number of benzene rings is 1. The van der Waals surface area contributed by atoms with Crippen LogP contribution in [-0.2, 0) is 4.79 Å². The first kappa shape index (κ1) is 14.8. The summed E-state index contributed by atoms with van der Waals surface area (Å²) in [6, 6.07) is 7.28. The molecule has 0 heterocycles. The third kappa shape index (κ3) is 5.65. The molecular weight excluding hydrogens is 199 g/mol. The van der Waals surface area contributed by atoms with E-state index < -0.39 is 5.97 Å². The first-order valence-corrected chi connectivity index (χ1v) is 4.75. The Morgan fingerprint density at radius 3 is 2.31 bits per heavy atom. The molecular formula is C12H14LiO3+. The number of carboxylic acid groups (broad SMARTS) is 1. The number of hydrogen-bond donors (Lipinski definition) is 1. The van der Waals surface area contributed by atoms with Gasteiger partial charge in [-0.3, -0.25) is 0 Å². The molecule has 1 aromatic carbocycles. The van der Waals surface area contributed by atoms with Crippen molar-refractivity contribution in [1.82, 2.24) is 0 Å². The van der Waals surface area contributed by atoms with Crippen LogP contribution in [0.2, 0.25) is 0 Å². The van der Waals surface area contributed by atoms with Crippen molar-refractivity contribution < 1.29 is 33.5 Å². The maximum absolute atomic E-state index is 10.3. The van der Waals surface area contributed by atoms with Gasteiger partial charge >= 0.3 is 24.8 Å². The number of carbonyl (C=O) groups is 1. The van der Waals surface area contributed by atoms with Crippen molar-refractivity contribution in [2.24, 2.45) is 0 Å². The third-order valence-corrected chi connectivity index (χ3v) is 1.67. The summed E-state index contributed by atoms with van der Waals surface area (Å²) >= 11 is 0. The molecule has 0 saturated carbocycles. The van der Waals surface area contributed by atoms with Gasteiger partial charge in [-0.15, -0.1) is 0 Å². The van der Waals surface area contributed by atoms with Gasteiger partial charge < -0.3 is 9.84 Å². The fraction of sp³-hybridized carbons (Fsp3) is 0.250.